The van der Waals surface area contributed by atoms with Gasteiger partial charge in [0.25, 0.3) is 0 Å². The normalized spacial score (nSPS) is 20.9. The number of carbonyl (C=O) groups excluding carboxylic acids is 1. The summed E-state index contributed by atoms with van der Waals surface area (Å²) in [7, 11) is 0. The van der Waals surface area contributed by atoms with Crippen LogP contribution in [0.3, 0.4) is 0 Å². The van der Waals surface area contributed by atoms with Crippen LogP contribution in [-0.4, -0.2) is 18.5 Å². The van der Waals surface area contributed by atoms with Crippen molar-refractivity contribution in [1.29, 1.82) is 0 Å². The molecule has 3 nitrogen and oxygen atoms in total. The molecule has 0 aromatic carbocycles. The summed E-state index contributed by atoms with van der Waals surface area (Å²) < 4.78 is 0. The van der Waals surface area contributed by atoms with Crippen molar-refractivity contribution in [3.8, 4) is 0 Å². The van der Waals surface area contributed by atoms with Gasteiger partial charge < -0.3 is 11.1 Å². The van der Waals surface area contributed by atoms with Gasteiger partial charge in [-0.15, -0.1) is 0 Å². The Kier molecular flexibility index (Phi) is 4.14. The molecule has 0 aromatic rings. The van der Waals surface area contributed by atoms with Gasteiger partial charge >= 0.3 is 0 Å². The number of rotatable bonds is 5. The molecule has 1 rings (SSSR count). The summed E-state index contributed by atoms with van der Waals surface area (Å²) in [5.74, 6) is 0.216. The predicted molar refractivity (Wildman–Crippen MR) is 62.4 cm³/mol. The van der Waals surface area contributed by atoms with Gasteiger partial charge in [0.2, 0.25) is 5.91 Å². The smallest absolute Gasteiger partial charge is 0.237 e. The van der Waals surface area contributed by atoms with Crippen LogP contribution in [0.5, 0.6) is 0 Å². The van der Waals surface area contributed by atoms with E-state index in [0.717, 1.165) is 13.0 Å². The lowest BCUT2D eigenvalue weighted by Gasteiger charge is -2.41. The Hall–Kier alpha value is -0.570. The molecule has 3 N–H and O–H groups in total. The molecule has 1 aliphatic carbocycles. The Morgan fingerprint density at radius 2 is 2.07 bits per heavy atom. The summed E-state index contributed by atoms with van der Waals surface area (Å²) in [5, 5.41) is 2.99. The molecule has 1 fully saturated rings. The SMILES string of the molecule is CCC1(CNC(=O)[C@@H](N)C(C)C)CCC1. The van der Waals surface area contributed by atoms with Crippen LogP contribution in [0.1, 0.15) is 46.5 Å². The molecule has 0 spiro atoms. The zero-order valence-corrected chi connectivity index (χ0v) is 10.2. The van der Waals surface area contributed by atoms with Crippen LogP contribution < -0.4 is 11.1 Å². The molecule has 0 unspecified atom stereocenters. The van der Waals surface area contributed by atoms with Crippen LogP contribution in [0.2, 0.25) is 0 Å². The number of nitrogens with two attached hydrogens (primary N) is 1. The topological polar surface area (TPSA) is 55.1 Å². The van der Waals surface area contributed by atoms with Crippen molar-refractivity contribution in [3.63, 3.8) is 0 Å². The Balaban J connectivity index is 2.33. The van der Waals surface area contributed by atoms with Crippen molar-refractivity contribution in [3.05, 3.63) is 0 Å². The average Bonchev–Trinajstić information content (AvgIpc) is 2.15. The molecular formula is C12H24N2O. The third-order valence-corrected chi connectivity index (χ3v) is 3.82. The Bertz CT molecular complexity index is 216. The molecule has 1 atom stereocenters. The first-order valence-electron chi connectivity index (χ1n) is 6.04. The molecule has 0 heterocycles. The second kappa shape index (κ2) is 4.97. The Labute approximate surface area is 92.8 Å². The van der Waals surface area contributed by atoms with Gasteiger partial charge in [-0.25, -0.2) is 0 Å². The molecule has 1 amide bonds. The number of carbonyl (C=O) groups is 1. The maximum Gasteiger partial charge on any atom is 0.237 e. The highest BCUT2D eigenvalue weighted by Crippen LogP contribution is 2.42. The van der Waals surface area contributed by atoms with Gasteiger partial charge in [0.1, 0.15) is 0 Å². The molecule has 3 heteroatoms. The van der Waals surface area contributed by atoms with Crippen molar-refractivity contribution in [2.45, 2.75) is 52.5 Å². The minimum atomic E-state index is -0.362. The van der Waals surface area contributed by atoms with Crippen molar-refractivity contribution >= 4 is 5.91 Å². The minimum absolute atomic E-state index is 0.00438. The molecule has 15 heavy (non-hydrogen) atoms. The first kappa shape index (κ1) is 12.5. The van der Waals surface area contributed by atoms with Gasteiger partial charge in [0.05, 0.1) is 6.04 Å². The molecule has 0 bridgehead atoms. The van der Waals surface area contributed by atoms with Gasteiger partial charge in [-0.2, -0.15) is 0 Å². The van der Waals surface area contributed by atoms with E-state index < -0.39 is 0 Å². The molecular weight excluding hydrogens is 188 g/mol. The quantitative estimate of drug-likeness (QED) is 0.728. The summed E-state index contributed by atoms with van der Waals surface area (Å²) >= 11 is 0. The number of amides is 1. The maximum absolute atomic E-state index is 11.7. The van der Waals surface area contributed by atoms with Gasteiger partial charge in [0, 0.05) is 6.54 Å². The number of hydrogen-bond acceptors (Lipinski definition) is 2. The fraction of sp³-hybridized carbons (Fsp3) is 0.917. The van der Waals surface area contributed by atoms with Crippen molar-refractivity contribution < 1.29 is 4.79 Å². The van der Waals surface area contributed by atoms with E-state index in [0.29, 0.717) is 5.41 Å². The maximum atomic E-state index is 11.7. The van der Waals surface area contributed by atoms with E-state index in [9.17, 15) is 4.79 Å². The van der Waals surface area contributed by atoms with Crippen LogP contribution >= 0.6 is 0 Å². The van der Waals surface area contributed by atoms with E-state index in [4.69, 9.17) is 5.73 Å². The van der Waals surface area contributed by atoms with Crippen LogP contribution in [0.4, 0.5) is 0 Å². The fourth-order valence-electron chi connectivity index (χ4n) is 2.03. The molecule has 0 saturated heterocycles. The molecule has 88 valence electrons. The molecule has 0 radical (unpaired) electrons. The first-order valence-corrected chi connectivity index (χ1v) is 6.04. The second-order valence-corrected chi connectivity index (χ2v) is 5.19. The van der Waals surface area contributed by atoms with Crippen LogP contribution in [0, 0.1) is 11.3 Å². The Morgan fingerprint density at radius 1 is 1.47 bits per heavy atom. The highest BCUT2D eigenvalue weighted by molar-refractivity contribution is 5.81. The standard InChI is InChI=1S/C12H24N2O/c1-4-12(6-5-7-12)8-14-11(15)10(13)9(2)3/h9-10H,4-8,13H2,1-3H3,(H,14,15)/t10-/m0/s1. The van der Waals surface area contributed by atoms with Gasteiger partial charge in [-0.3, -0.25) is 4.79 Å². The van der Waals surface area contributed by atoms with Crippen LogP contribution in [0.15, 0.2) is 0 Å². The third-order valence-electron chi connectivity index (χ3n) is 3.82. The summed E-state index contributed by atoms with van der Waals surface area (Å²) in [6, 6.07) is -0.362. The van der Waals surface area contributed by atoms with Crippen LogP contribution in [0.25, 0.3) is 0 Å². The first-order chi connectivity index (χ1) is 7.01. The molecule has 0 aliphatic heterocycles. The molecule has 0 aromatic heterocycles. The van der Waals surface area contributed by atoms with E-state index in [1.54, 1.807) is 0 Å². The van der Waals surface area contributed by atoms with Gasteiger partial charge in [0.15, 0.2) is 0 Å². The summed E-state index contributed by atoms with van der Waals surface area (Å²) in [6.07, 6.45) is 4.96. The third kappa shape index (κ3) is 2.94. The van der Waals surface area contributed by atoms with E-state index in [2.05, 4.69) is 12.2 Å². The lowest BCUT2D eigenvalue weighted by molar-refractivity contribution is -0.124. The average molecular weight is 212 g/mol. The Morgan fingerprint density at radius 3 is 2.40 bits per heavy atom. The second-order valence-electron chi connectivity index (χ2n) is 5.19. The number of hydrogen-bond donors (Lipinski definition) is 2. The van der Waals surface area contributed by atoms with Crippen molar-refractivity contribution in [2.24, 2.45) is 17.1 Å². The molecule has 1 saturated carbocycles. The van der Waals surface area contributed by atoms with Crippen molar-refractivity contribution in [2.75, 3.05) is 6.54 Å². The lowest BCUT2D eigenvalue weighted by atomic mass is 9.67. The summed E-state index contributed by atoms with van der Waals surface area (Å²) in [4.78, 5) is 11.7. The summed E-state index contributed by atoms with van der Waals surface area (Å²) in [6.45, 7) is 6.96. The van der Waals surface area contributed by atoms with Gasteiger partial charge in [-0.05, 0) is 30.6 Å². The van der Waals surface area contributed by atoms with Crippen molar-refractivity contribution in [1.82, 2.24) is 5.32 Å². The fourth-order valence-corrected chi connectivity index (χ4v) is 2.03. The number of nitrogens with one attached hydrogen (secondary N) is 1. The highest BCUT2D eigenvalue weighted by atomic mass is 16.2. The van der Waals surface area contributed by atoms with E-state index in [-0.39, 0.29) is 17.9 Å². The van der Waals surface area contributed by atoms with Crippen LogP contribution in [-0.2, 0) is 4.79 Å². The monoisotopic (exact) mass is 212 g/mol. The zero-order chi connectivity index (χ0) is 11.5. The van der Waals surface area contributed by atoms with E-state index in [1.165, 1.54) is 19.3 Å². The van der Waals surface area contributed by atoms with E-state index >= 15 is 0 Å². The predicted octanol–water partition coefficient (Wildman–Crippen LogP) is 1.67. The highest BCUT2D eigenvalue weighted by Gasteiger charge is 2.35. The minimum Gasteiger partial charge on any atom is -0.354 e. The zero-order valence-electron chi connectivity index (χ0n) is 10.2. The van der Waals surface area contributed by atoms with E-state index in [1.807, 2.05) is 13.8 Å². The largest absolute Gasteiger partial charge is 0.354 e. The lowest BCUT2D eigenvalue weighted by Crippen LogP contribution is -2.49. The van der Waals surface area contributed by atoms with Gasteiger partial charge in [-0.1, -0.05) is 27.2 Å². The summed E-state index contributed by atoms with van der Waals surface area (Å²) in [5.41, 5.74) is 6.16. The molecule has 1 aliphatic rings.